The van der Waals surface area contributed by atoms with Crippen molar-refractivity contribution in [3.8, 4) is 0 Å². The van der Waals surface area contributed by atoms with Gasteiger partial charge in [-0.3, -0.25) is 4.98 Å². The molecule has 1 rings (SSSR count). The average molecular weight is 125 g/mol. The highest BCUT2D eigenvalue weighted by atomic mass is 18.2. The molecule has 0 unspecified atom stereocenters. The highest BCUT2D eigenvalue weighted by Crippen LogP contribution is 2.02. The maximum Gasteiger partial charge on any atom is 0.131 e. The van der Waals surface area contributed by atoms with Crippen molar-refractivity contribution in [1.82, 2.24) is 4.98 Å². The van der Waals surface area contributed by atoms with E-state index in [1.165, 1.54) is 12.3 Å². The summed E-state index contributed by atoms with van der Waals surface area (Å²) in [7, 11) is 0. The molecule has 0 radical (unpaired) electrons. The van der Waals surface area contributed by atoms with Crippen LogP contribution in [0.3, 0.4) is 0 Å². The third-order valence-electron chi connectivity index (χ3n) is 0.978. The molecule has 0 amide bonds. The van der Waals surface area contributed by atoms with Crippen molar-refractivity contribution in [2.45, 2.75) is 6.67 Å². The van der Waals surface area contributed by atoms with E-state index >= 15 is 0 Å². The molecule has 0 fully saturated rings. The zero-order valence-electron chi connectivity index (χ0n) is 4.84. The van der Waals surface area contributed by atoms with Gasteiger partial charge in [0.2, 0.25) is 0 Å². The molecule has 2 nitrogen and oxygen atoms in total. The minimum atomic E-state index is -0.551. The first-order chi connectivity index (χ1) is 4.33. The fraction of sp³-hybridized carbons (Fsp3) is 0.167. The van der Waals surface area contributed by atoms with Crippen LogP contribution in [0.25, 0.3) is 0 Å². The lowest BCUT2D eigenvalue weighted by atomic mass is 10.3. The van der Waals surface area contributed by atoms with Crippen LogP contribution >= 0.6 is 0 Å². The van der Waals surface area contributed by atoms with Crippen LogP contribution in [0.15, 0.2) is 18.3 Å². The van der Waals surface area contributed by atoms with Gasteiger partial charge in [0.05, 0.1) is 5.69 Å². The highest BCUT2D eigenvalue weighted by molar-refractivity contribution is 5.36. The zero-order valence-corrected chi connectivity index (χ0v) is 4.84. The van der Waals surface area contributed by atoms with Crippen LogP contribution in [0.1, 0.15) is 5.69 Å². The highest BCUT2D eigenvalue weighted by Gasteiger charge is 1.90. The van der Waals surface area contributed by atoms with Gasteiger partial charge in [0.15, 0.2) is 0 Å². The fourth-order valence-electron chi connectivity index (χ4n) is 0.570. The third-order valence-corrected chi connectivity index (χ3v) is 0.978. The standard InChI is InChI=1S/C6H7FN2/c7-4-6-3-5(8)1-2-9-6/h1-3H,4H2,(H2,8,9)/i7-1. The molecule has 3 heteroatoms. The van der Waals surface area contributed by atoms with Crippen LogP contribution in [-0.2, 0) is 6.67 Å². The van der Waals surface area contributed by atoms with E-state index in [9.17, 15) is 4.39 Å². The minimum Gasteiger partial charge on any atom is -0.399 e. The number of nitrogens with zero attached hydrogens (tertiary/aromatic N) is 1. The summed E-state index contributed by atoms with van der Waals surface area (Å²) in [6.45, 7) is -0.551. The predicted molar refractivity (Wildman–Crippen MR) is 33.5 cm³/mol. The van der Waals surface area contributed by atoms with Gasteiger partial charge in [0.25, 0.3) is 0 Å². The van der Waals surface area contributed by atoms with Gasteiger partial charge >= 0.3 is 0 Å². The Hall–Kier alpha value is -1.12. The molecule has 0 atom stereocenters. The summed E-state index contributed by atoms with van der Waals surface area (Å²) < 4.78 is 11.8. The molecule has 1 aromatic rings. The van der Waals surface area contributed by atoms with E-state index in [1.807, 2.05) is 0 Å². The molecule has 0 aromatic carbocycles. The number of alkyl halides is 1. The van der Waals surface area contributed by atoms with Crippen LogP contribution in [0.5, 0.6) is 0 Å². The number of nitrogen functional groups attached to an aromatic ring is 1. The molecule has 0 saturated heterocycles. The molecule has 0 aliphatic heterocycles. The van der Waals surface area contributed by atoms with E-state index in [2.05, 4.69) is 4.98 Å². The lowest BCUT2D eigenvalue weighted by Gasteiger charge is -1.92. The molecule has 0 aliphatic carbocycles. The number of hydrogen-bond acceptors (Lipinski definition) is 2. The van der Waals surface area contributed by atoms with Crippen LogP contribution in [0.2, 0.25) is 0 Å². The van der Waals surface area contributed by atoms with Crippen LogP contribution in [0.4, 0.5) is 10.1 Å². The smallest absolute Gasteiger partial charge is 0.131 e. The molecule has 0 saturated carbocycles. The number of nitrogens with two attached hydrogens (primary N) is 1. The zero-order chi connectivity index (χ0) is 6.69. The second-order valence-electron chi connectivity index (χ2n) is 1.71. The Balaban J connectivity index is 2.94. The van der Waals surface area contributed by atoms with Crippen LogP contribution in [-0.4, -0.2) is 4.98 Å². The second-order valence-corrected chi connectivity index (χ2v) is 1.71. The molecular formula is C6H7FN2. The SMILES string of the molecule is Nc1ccnc(C[18F])c1. The fourth-order valence-corrected chi connectivity index (χ4v) is 0.570. The van der Waals surface area contributed by atoms with Crippen molar-refractivity contribution in [1.29, 1.82) is 0 Å². The minimum absolute atomic E-state index is 0.384. The van der Waals surface area contributed by atoms with Gasteiger partial charge < -0.3 is 5.73 Å². The van der Waals surface area contributed by atoms with E-state index in [0.717, 1.165) is 0 Å². The first kappa shape index (κ1) is 6.01. The number of rotatable bonds is 1. The summed E-state index contributed by atoms with van der Waals surface area (Å²) in [4.78, 5) is 3.70. The van der Waals surface area contributed by atoms with E-state index in [-0.39, 0.29) is 0 Å². The van der Waals surface area contributed by atoms with Crippen molar-refractivity contribution < 1.29 is 4.39 Å². The van der Waals surface area contributed by atoms with Crippen molar-refractivity contribution in [2.24, 2.45) is 0 Å². The normalized spacial score (nSPS) is 9.44. The largest absolute Gasteiger partial charge is 0.399 e. The number of anilines is 1. The van der Waals surface area contributed by atoms with Gasteiger partial charge in [-0.1, -0.05) is 0 Å². The van der Waals surface area contributed by atoms with Gasteiger partial charge in [-0.15, -0.1) is 0 Å². The lowest BCUT2D eigenvalue weighted by molar-refractivity contribution is 0.476. The molecule has 48 valence electrons. The van der Waals surface area contributed by atoms with Crippen molar-refractivity contribution in [3.63, 3.8) is 0 Å². The van der Waals surface area contributed by atoms with Gasteiger partial charge in [0.1, 0.15) is 6.67 Å². The second kappa shape index (κ2) is 2.44. The van der Waals surface area contributed by atoms with E-state index in [1.54, 1.807) is 6.07 Å². The summed E-state index contributed by atoms with van der Waals surface area (Å²) in [5.41, 5.74) is 6.27. The number of aromatic nitrogens is 1. The van der Waals surface area contributed by atoms with Crippen LogP contribution < -0.4 is 5.73 Å². The summed E-state index contributed by atoms with van der Waals surface area (Å²) in [6.07, 6.45) is 1.49. The van der Waals surface area contributed by atoms with Gasteiger partial charge in [-0.25, -0.2) is 4.39 Å². The Labute approximate surface area is 52.5 Å². The number of halogens is 1. The quantitative estimate of drug-likeness (QED) is 0.611. The Bertz CT molecular complexity index is 200. The van der Waals surface area contributed by atoms with Crippen molar-refractivity contribution in [2.75, 3.05) is 5.73 Å². The van der Waals surface area contributed by atoms with E-state index in [4.69, 9.17) is 5.73 Å². The topological polar surface area (TPSA) is 38.9 Å². The average Bonchev–Trinajstić information content (AvgIpc) is 1.88. The van der Waals surface area contributed by atoms with E-state index < -0.39 is 6.67 Å². The van der Waals surface area contributed by atoms with E-state index in [0.29, 0.717) is 11.4 Å². The molecular weight excluding hydrogens is 118 g/mol. The Morgan fingerprint density at radius 2 is 2.44 bits per heavy atom. The van der Waals surface area contributed by atoms with Gasteiger partial charge in [0, 0.05) is 11.9 Å². The molecule has 0 bridgehead atoms. The monoisotopic (exact) mass is 125 g/mol. The summed E-state index contributed by atoms with van der Waals surface area (Å²) in [5, 5.41) is 0. The predicted octanol–water partition coefficient (Wildman–Crippen LogP) is 1.13. The van der Waals surface area contributed by atoms with Crippen LogP contribution in [0, 0.1) is 0 Å². The van der Waals surface area contributed by atoms with Gasteiger partial charge in [-0.2, -0.15) is 0 Å². The lowest BCUT2D eigenvalue weighted by Crippen LogP contribution is -1.89. The molecule has 0 spiro atoms. The maximum atomic E-state index is 11.8. The Morgan fingerprint density at radius 3 is 2.89 bits per heavy atom. The Morgan fingerprint density at radius 1 is 1.67 bits per heavy atom. The summed E-state index contributed by atoms with van der Waals surface area (Å²) in [6, 6.07) is 3.14. The molecule has 1 aromatic heterocycles. The molecule has 0 aliphatic rings. The molecule has 9 heavy (non-hydrogen) atoms. The molecule has 1 heterocycles. The number of pyridine rings is 1. The maximum absolute atomic E-state index is 11.8. The summed E-state index contributed by atoms with van der Waals surface area (Å²) >= 11 is 0. The summed E-state index contributed by atoms with van der Waals surface area (Å²) in [5.74, 6) is 0. The first-order valence-electron chi connectivity index (χ1n) is 2.59. The van der Waals surface area contributed by atoms with Crippen molar-refractivity contribution >= 4 is 5.69 Å². The molecule has 2 N–H and O–H groups in total. The number of hydrogen-bond donors (Lipinski definition) is 1. The third kappa shape index (κ3) is 1.38. The van der Waals surface area contributed by atoms with Gasteiger partial charge in [-0.05, 0) is 12.1 Å². The van der Waals surface area contributed by atoms with Crippen molar-refractivity contribution in [3.05, 3.63) is 24.0 Å². The first-order valence-corrected chi connectivity index (χ1v) is 2.59. The Kier molecular flexibility index (Phi) is 1.63.